The smallest absolute Gasteiger partial charge is 0.200 e. The molecule has 3 aromatic rings. The first-order valence-corrected chi connectivity index (χ1v) is 15.0. The third kappa shape index (κ3) is 5.47. The Balaban J connectivity index is 1.70. The Bertz CT molecular complexity index is 1020. The van der Waals surface area contributed by atoms with Gasteiger partial charge in [0.05, 0.1) is 6.26 Å². The van der Waals surface area contributed by atoms with E-state index in [0.717, 1.165) is 58.5 Å². The van der Waals surface area contributed by atoms with E-state index >= 15 is 0 Å². The quantitative estimate of drug-likeness (QED) is 0.173. The number of aryl methyl sites for hydroxylation is 1. The predicted octanol–water partition coefficient (Wildman–Crippen LogP) is 8.18. The summed E-state index contributed by atoms with van der Waals surface area (Å²) in [5.41, 5.74) is 4.66. The van der Waals surface area contributed by atoms with Gasteiger partial charge in [0.1, 0.15) is 28.4 Å². The second kappa shape index (κ2) is 11.3. The maximum absolute atomic E-state index is 6.73. The van der Waals surface area contributed by atoms with E-state index < -0.39 is 8.32 Å². The van der Waals surface area contributed by atoms with Crippen molar-refractivity contribution in [3.63, 3.8) is 0 Å². The molecule has 2 aromatic heterocycles. The van der Waals surface area contributed by atoms with Crippen molar-refractivity contribution in [2.45, 2.75) is 84.2 Å². The third-order valence-corrected chi connectivity index (χ3v) is 13.7. The average molecular weight is 536 g/mol. The number of halogens is 1. The molecular formula is C26H39BrN2O3Si. The molecule has 0 bridgehead atoms. The van der Waals surface area contributed by atoms with Crippen LogP contribution in [0.3, 0.4) is 0 Å². The minimum Gasteiger partial charge on any atom is -0.464 e. The molecule has 0 spiro atoms. The van der Waals surface area contributed by atoms with E-state index in [4.69, 9.17) is 18.6 Å². The molecule has 0 amide bonds. The summed E-state index contributed by atoms with van der Waals surface area (Å²) in [6, 6.07) is 8.18. The standard InChI is InChI=1S/C26H39BrN2O3Si/c1-18(2)33(19(3)4,20(5)6)32-14-9-8-10-24-28-25(26(27)29(24)17-30-7)22-12-11-21-13-15-31-23(21)16-22/h11-13,15-16,18-20H,8-10,14,17H2,1-7H3. The van der Waals surface area contributed by atoms with E-state index in [1.165, 1.54) is 0 Å². The summed E-state index contributed by atoms with van der Waals surface area (Å²) >= 11 is 3.76. The Labute approximate surface area is 208 Å². The molecule has 0 aliphatic heterocycles. The molecule has 0 aliphatic carbocycles. The fourth-order valence-corrected chi connectivity index (χ4v) is 11.5. The molecule has 0 atom stereocenters. The van der Waals surface area contributed by atoms with Crippen LogP contribution in [0.5, 0.6) is 0 Å². The second-order valence-corrected chi connectivity index (χ2v) is 16.0. The summed E-state index contributed by atoms with van der Waals surface area (Å²) in [6.45, 7) is 15.3. The second-order valence-electron chi connectivity index (χ2n) is 9.81. The summed E-state index contributed by atoms with van der Waals surface area (Å²) in [5, 5.41) is 1.09. The Morgan fingerprint density at radius 1 is 1.03 bits per heavy atom. The van der Waals surface area contributed by atoms with Crippen LogP contribution in [0.15, 0.2) is 39.5 Å². The SMILES string of the molecule is COCn1c(CCCCO[Si](C(C)C)(C(C)C)C(C)C)nc(-c2ccc3ccoc3c2)c1Br. The minimum absolute atomic E-state index is 0.465. The number of unbranched alkanes of at least 4 members (excludes halogenated alkanes) is 1. The maximum Gasteiger partial charge on any atom is 0.200 e. The van der Waals surface area contributed by atoms with Crippen LogP contribution in [0.2, 0.25) is 16.6 Å². The average Bonchev–Trinajstić information content (AvgIpc) is 3.34. The van der Waals surface area contributed by atoms with Crippen LogP contribution in [-0.2, 0) is 22.3 Å². The van der Waals surface area contributed by atoms with E-state index in [1.54, 1.807) is 13.4 Å². The van der Waals surface area contributed by atoms with Gasteiger partial charge in [-0.3, -0.25) is 4.57 Å². The van der Waals surface area contributed by atoms with Crippen LogP contribution in [-0.4, -0.2) is 31.6 Å². The Kier molecular flexibility index (Phi) is 9.00. The highest BCUT2D eigenvalue weighted by Crippen LogP contribution is 2.42. The van der Waals surface area contributed by atoms with Crippen molar-refractivity contribution in [3.05, 3.63) is 41.0 Å². The largest absolute Gasteiger partial charge is 0.464 e. The molecule has 0 N–H and O–H groups in total. The Hall–Kier alpha value is -1.41. The van der Waals surface area contributed by atoms with E-state index in [0.29, 0.717) is 23.4 Å². The van der Waals surface area contributed by atoms with Gasteiger partial charge in [-0.25, -0.2) is 4.98 Å². The number of rotatable bonds is 12. The molecule has 0 unspecified atom stereocenters. The fourth-order valence-electron chi connectivity index (χ4n) is 5.35. The van der Waals surface area contributed by atoms with Gasteiger partial charge in [0.15, 0.2) is 8.32 Å². The highest BCUT2D eigenvalue weighted by atomic mass is 79.9. The van der Waals surface area contributed by atoms with Gasteiger partial charge in [0.2, 0.25) is 0 Å². The van der Waals surface area contributed by atoms with Crippen molar-refractivity contribution in [2.75, 3.05) is 13.7 Å². The molecule has 0 saturated carbocycles. The van der Waals surface area contributed by atoms with Crippen LogP contribution >= 0.6 is 15.9 Å². The van der Waals surface area contributed by atoms with Crippen LogP contribution in [0, 0.1) is 0 Å². The van der Waals surface area contributed by atoms with Gasteiger partial charge in [0, 0.05) is 31.1 Å². The number of aromatic nitrogens is 2. The van der Waals surface area contributed by atoms with Crippen molar-refractivity contribution < 1.29 is 13.6 Å². The molecule has 0 radical (unpaired) electrons. The van der Waals surface area contributed by atoms with Crippen molar-refractivity contribution in [3.8, 4) is 11.3 Å². The molecule has 0 fully saturated rings. The number of furan rings is 1. The normalized spacial score (nSPS) is 12.7. The number of benzene rings is 1. The van der Waals surface area contributed by atoms with Gasteiger partial charge < -0.3 is 13.6 Å². The van der Waals surface area contributed by atoms with Crippen molar-refractivity contribution in [1.82, 2.24) is 9.55 Å². The van der Waals surface area contributed by atoms with Gasteiger partial charge >= 0.3 is 0 Å². The lowest BCUT2D eigenvalue weighted by Crippen LogP contribution is -2.47. The van der Waals surface area contributed by atoms with E-state index in [-0.39, 0.29) is 0 Å². The summed E-state index contributed by atoms with van der Waals surface area (Å²) in [5.74, 6) is 1.03. The Morgan fingerprint density at radius 2 is 1.73 bits per heavy atom. The highest BCUT2D eigenvalue weighted by molar-refractivity contribution is 9.10. The first-order chi connectivity index (χ1) is 15.7. The van der Waals surface area contributed by atoms with Gasteiger partial charge in [-0.1, -0.05) is 53.7 Å². The van der Waals surface area contributed by atoms with E-state index in [1.807, 2.05) is 12.1 Å². The van der Waals surface area contributed by atoms with Crippen molar-refractivity contribution in [2.24, 2.45) is 0 Å². The summed E-state index contributed by atoms with van der Waals surface area (Å²) in [4.78, 5) is 4.98. The third-order valence-electron chi connectivity index (χ3n) is 6.83. The highest BCUT2D eigenvalue weighted by Gasteiger charge is 2.44. The minimum atomic E-state index is -1.80. The lowest BCUT2D eigenvalue weighted by atomic mass is 10.1. The van der Waals surface area contributed by atoms with Crippen molar-refractivity contribution in [1.29, 1.82) is 0 Å². The van der Waals surface area contributed by atoms with E-state index in [9.17, 15) is 0 Å². The van der Waals surface area contributed by atoms with Crippen LogP contribution in [0.4, 0.5) is 0 Å². The lowest BCUT2D eigenvalue weighted by molar-refractivity contribution is 0.126. The summed E-state index contributed by atoms with van der Waals surface area (Å²) in [6.07, 6.45) is 4.67. The van der Waals surface area contributed by atoms with Gasteiger partial charge in [-0.15, -0.1) is 0 Å². The number of hydrogen-bond donors (Lipinski definition) is 0. The number of imidazole rings is 1. The number of nitrogens with zero attached hydrogens (tertiary/aromatic N) is 2. The molecule has 33 heavy (non-hydrogen) atoms. The lowest BCUT2D eigenvalue weighted by Gasteiger charge is -2.42. The van der Waals surface area contributed by atoms with Crippen LogP contribution in [0.1, 0.15) is 60.2 Å². The van der Waals surface area contributed by atoms with Crippen LogP contribution < -0.4 is 0 Å². The maximum atomic E-state index is 6.73. The van der Waals surface area contributed by atoms with Crippen LogP contribution in [0.25, 0.3) is 22.2 Å². The molecule has 3 rings (SSSR count). The zero-order valence-electron chi connectivity index (χ0n) is 21.2. The molecule has 2 heterocycles. The van der Waals surface area contributed by atoms with Gasteiger partial charge in [0.25, 0.3) is 0 Å². The van der Waals surface area contributed by atoms with E-state index in [2.05, 4.69) is 74.2 Å². The number of methoxy groups -OCH3 is 1. The topological polar surface area (TPSA) is 49.4 Å². The molecule has 0 aliphatic rings. The first kappa shape index (κ1) is 26.2. The summed E-state index contributed by atoms with van der Waals surface area (Å²) < 4.78 is 20.8. The molecule has 5 nitrogen and oxygen atoms in total. The molecular weight excluding hydrogens is 496 g/mol. The molecule has 1 aromatic carbocycles. The zero-order valence-corrected chi connectivity index (χ0v) is 23.7. The molecule has 182 valence electrons. The number of hydrogen-bond acceptors (Lipinski definition) is 4. The molecule has 7 heteroatoms. The van der Waals surface area contributed by atoms with Crippen molar-refractivity contribution >= 4 is 35.2 Å². The monoisotopic (exact) mass is 534 g/mol. The van der Waals surface area contributed by atoms with Gasteiger partial charge in [-0.05, 0) is 57.5 Å². The molecule has 0 saturated heterocycles. The first-order valence-electron chi connectivity index (χ1n) is 12.1. The Morgan fingerprint density at radius 3 is 2.36 bits per heavy atom. The number of fused-ring (bicyclic) bond motifs is 1. The zero-order chi connectivity index (χ0) is 24.2. The fraction of sp³-hybridized carbons (Fsp3) is 0.577. The number of ether oxygens (including phenoxy) is 1. The predicted molar refractivity (Wildman–Crippen MR) is 142 cm³/mol. The summed E-state index contributed by atoms with van der Waals surface area (Å²) in [7, 11) is -0.0885. The van der Waals surface area contributed by atoms with Gasteiger partial charge in [-0.2, -0.15) is 0 Å².